The summed E-state index contributed by atoms with van der Waals surface area (Å²) in [5, 5.41) is 5.71. The van der Waals surface area contributed by atoms with Crippen molar-refractivity contribution in [3.8, 4) is 5.75 Å². The Hall–Kier alpha value is -2.42. The Labute approximate surface area is 185 Å². The molecule has 1 unspecified atom stereocenters. The fourth-order valence-corrected chi connectivity index (χ4v) is 4.53. The first kappa shape index (κ1) is 20.5. The average molecular weight is 444 g/mol. The molecule has 2 aliphatic rings. The largest absolute Gasteiger partial charge is 0.487 e. The molecule has 0 amide bonds. The highest BCUT2D eigenvalue weighted by atomic mass is 35.5. The predicted molar refractivity (Wildman–Crippen MR) is 118 cm³/mol. The van der Waals surface area contributed by atoms with Crippen LogP contribution in [0.1, 0.15) is 43.2 Å². The fraction of sp³-hybridized carbons (Fsp3) is 0.500. The number of aryl methyl sites for hydroxylation is 1. The number of H-pyrrole nitrogens is 1. The number of nitrogens with one attached hydrogen (secondary N) is 1. The average Bonchev–Trinajstić information content (AvgIpc) is 3.16. The van der Waals surface area contributed by atoms with E-state index in [1.165, 1.54) is 0 Å². The lowest BCUT2D eigenvalue weighted by molar-refractivity contribution is -0.00768. The molecule has 31 heavy (non-hydrogen) atoms. The number of rotatable bonds is 5. The summed E-state index contributed by atoms with van der Waals surface area (Å²) in [7, 11) is 0. The SMILES string of the molecule is Cc1cc(Cl)ccc1OC1CN(C(C)c2nc3c(cnn3C3CCOCC3)c(=O)[nH]2)C1. The van der Waals surface area contributed by atoms with Gasteiger partial charge in [-0.1, -0.05) is 11.6 Å². The van der Waals surface area contributed by atoms with Crippen LogP contribution in [0.4, 0.5) is 0 Å². The Morgan fingerprint density at radius 2 is 2.06 bits per heavy atom. The molecule has 2 aromatic heterocycles. The van der Waals surface area contributed by atoms with Crippen LogP contribution in [0.3, 0.4) is 0 Å². The highest BCUT2D eigenvalue weighted by Crippen LogP contribution is 2.29. The number of hydrogen-bond acceptors (Lipinski definition) is 6. The van der Waals surface area contributed by atoms with Crippen molar-refractivity contribution in [2.24, 2.45) is 0 Å². The van der Waals surface area contributed by atoms with Crippen molar-refractivity contribution in [3.63, 3.8) is 0 Å². The van der Waals surface area contributed by atoms with Crippen molar-refractivity contribution in [2.45, 2.75) is 44.9 Å². The van der Waals surface area contributed by atoms with Crippen molar-refractivity contribution in [1.82, 2.24) is 24.6 Å². The second-order valence-electron chi connectivity index (χ2n) is 8.40. The molecule has 5 rings (SSSR count). The van der Waals surface area contributed by atoms with Gasteiger partial charge in [-0.2, -0.15) is 5.10 Å². The molecule has 164 valence electrons. The van der Waals surface area contributed by atoms with Gasteiger partial charge in [0, 0.05) is 31.3 Å². The minimum atomic E-state index is -0.143. The number of nitrogens with zero attached hydrogens (tertiary/aromatic N) is 4. The molecule has 0 spiro atoms. The summed E-state index contributed by atoms with van der Waals surface area (Å²) in [6.45, 7) is 7.00. The summed E-state index contributed by atoms with van der Waals surface area (Å²) in [5.74, 6) is 1.52. The predicted octanol–water partition coefficient (Wildman–Crippen LogP) is 3.26. The molecule has 9 heteroatoms. The molecule has 1 aromatic carbocycles. The molecule has 4 heterocycles. The van der Waals surface area contributed by atoms with Gasteiger partial charge in [0.2, 0.25) is 0 Å². The summed E-state index contributed by atoms with van der Waals surface area (Å²) in [4.78, 5) is 22.7. The number of benzene rings is 1. The number of hydrogen-bond donors (Lipinski definition) is 1. The number of halogens is 1. The topological polar surface area (TPSA) is 85.3 Å². The molecule has 2 aliphatic heterocycles. The van der Waals surface area contributed by atoms with E-state index in [0.717, 1.165) is 37.2 Å². The summed E-state index contributed by atoms with van der Waals surface area (Å²) < 4.78 is 13.5. The van der Waals surface area contributed by atoms with Gasteiger partial charge >= 0.3 is 0 Å². The summed E-state index contributed by atoms with van der Waals surface area (Å²) in [5.41, 5.74) is 1.54. The molecule has 0 radical (unpaired) electrons. The quantitative estimate of drug-likeness (QED) is 0.651. The lowest BCUT2D eigenvalue weighted by Gasteiger charge is -2.42. The van der Waals surface area contributed by atoms with E-state index in [0.29, 0.717) is 35.1 Å². The van der Waals surface area contributed by atoms with E-state index in [2.05, 4.69) is 21.9 Å². The summed E-state index contributed by atoms with van der Waals surface area (Å²) in [6.07, 6.45) is 3.48. The zero-order valence-corrected chi connectivity index (χ0v) is 18.4. The van der Waals surface area contributed by atoms with Gasteiger partial charge in [-0.15, -0.1) is 0 Å². The van der Waals surface area contributed by atoms with Gasteiger partial charge in [-0.3, -0.25) is 9.69 Å². The number of likely N-dealkylation sites (tertiary alicyclic amines) is 1. The van der Waals surface area contributed by atoms with Crippen LogP contribution in [0.5, 0.6) is 5.75 Å². The van der Waals surface area contributed by atoms with Gasteiger partial charge in [0.1, 0.15) is 23.1 Å². The molecular weight excluding hydrogens is 418 g/mol. The van der Waals surface area contributed by atoms with Crippen LogP contribution in [0, 0.1) is 6.92 Å². The molecular formula is C22H26ClN5O3. The third-order valence-corrected chi connectivity index (χ3v) is 6.50. The van der Waals surface area contributed by atoms with Gasteiger partial charge in [0.25, 0.3) is 5.56 Å². The van der Waals surface area contributed by atoms with Crippen LogP contribution in [-0.4, -0.2) is 57.1 Å². The van der Waals surface area contributed by atoms with Crippen molar-refractivity contribution in [2.75, 3.05) is 26.3 Å². The third-order valence-electron chi connectivity index (χ3n) is 6.27. The fourth-order valence-electron chi connectivity index (χ4n) is 4.31. The van der Waals surface area contributed by atoms with E-state index in [1.54, 1.807) is 6.20 Å². The Balaban J connectivity index is 1.31. The molecule has 1 atom stereocenters. The van der Waals surface area contributed by atoms with Gasteiger partial charge in [-0.25, -0.2) is 9.67 Å². The second kappa shape index (κ2) is 8.26. The molecule has 3 aromatic rings. The second-order valence-corrected chi connectivity index (χ2v) is 8.84. The van der Waals surface area contributed by atoms with Gasteiger partial charge in [0.15, 0.2) is 5.65 Å². The highest BCUT2D eigenvalue weighted by molar-refractivity contribution is 6.30. The summed E-state index contributed by atoms with van der Waals surface area (Å²) >= 11 is 6.03. The van der Waals surface area contributed by atoms with Crippen LogP contribution in [0.25, 0.3) is 11.0 Å². The molecule has 0 saturated carbocycles. The monoisotopic (exact) mass is 443 g/mol. The lowest BCUT2D eigenvalue weighted by atomic mass is 10.1. The van der Waals surface area contributed by atoms with Crippen molar-refractivity contribution in [1.29, 1.82) is 0 Å². The van der Waals surface area contributed by atoms with E-state index >= 15 is 0 Å². The summed E-state index contributed by atoms with van der Waals surface area (Å²) in [6, 6.07) is 5.85. The Bertz CT molecular complexity index is 1150. The van der Waals surface area contributed by atoms with Gasteiger partial charge in [0.05, 0.1) is 18.3 Å². The Morgan fingerprint density at radius 3 is 2.81 bits per heavy atom. The number of aromatic nitrogens is 4. The zero-order valence-electron chi connectivity index (χ0n) is 17.7. The maximum absolute atomic E-state index is 12.7. The van der Waals surface area contributed by atoms with E-state index in [-0.39, 0.29) is 23.7 Å². The first-order valence-corrected chi connectivity index (χ1v) is 11.1. The zero-order chi connectivity index (χ0) is 21.5. The van der Waals surface area contributed by atoms with Crippen LogP contribution in [0.15, 0.2) is 29.2 Å². The van der Waals surface area contributed by atoms with Crippen molar-refractivity contribution >= 4 is 22.6 Å². The maximum atomic E-state index is 12.7. The molecule has 2 fully saturated rings. The molecule has 8 nitrogen and oxygen atoms in total. The molecule has 0 bridgehead atoms. The van der Waals surface area contributed by atoms with Crippen LogP contribution in [-0.2, 0) is 4.74 Å². The number of aromatic amines is 1. The Kier molecular flexibility index (Phi) is 5.45. The van der Waals surface area contributed by atoms with Gasteiger partial charge in [-0.05, 0) is 50.5 Å². The molecule has 0 aliphatic carbocycles. The van der Waals surface area contributed by atoms with E-state index in [1.807, 2.05) is 29.8 Å². The first-order valence-electron chi connectivity index (χ1n) is 10.7. The van der Waals surface area contributed by atoms with Gasteiger partial charge < -0.3 is 14.5 Å². The first-order chi connectivity index (χ1) is 15.0. The maximum Gasteiger partial charge on any atom is 0.262 e. The number of fused-ring (bicyclic) bond motifs is 1. The highest BCUT2D eigenvalue weighted by Gasteiger charge is 2.34. The van der Waals surface area contributed by atoms with E-state index in [4.69, 9.17) is 26.1 Å². The standard InChI is InChI=1S/C22H26ClN5O3/c1-13-9-15(23)3-4-19(13)31-17-11-27(12-17)14(2)20-25-21-18(22(29)26-20)10-24-28(21)16-5-7-30-8-6-16/h3-4,9-10,14,16-17H,5-8,11-12H2,1-2H3,(H,25,26,29). The molecule has 2 saturated heterocycles. The van der Waals surface area contributed by atoms with Crippen molar-refractivity contribution < 1.29 is 9.47 Å². The normalized spacial score (nSPS) is 19.5. The minimum Gasteiger partial charge on any atom is -0.487 e. The lowest BCUT2D eigenvalue weighted by Crippen LogP contribution is -2.54. The van der Waals surface area contributed by atoms with Crippen LogP contribution < -0.4 is 10.3 Å². The third kappa shape index (κ3) is 3.95. The Morgan fingerprint density at radius 1 is 1.29 bits per heavy atom. The van der Waals surface area contributed by atoms with Crippen molar-refractivity contribution in [3.05, 3.63) is 51.2 Å². The van der Waals surface area contributed by atoms with Crippen LogP contribution in [0.2, 0.25) is 5.02 Å². The number of ether oxygens (including phenoxy) is 2. The van der Waals surface area contributed by atoms with Crippen LogP contribution >= 0.6 is 11.6 Å². The molecule has 1 N–H and O–H groups in total. The minimum absolute atomic E-state index is 0.0266. The smallest absolute Gasteiger partial charge is 0.262 e. The van der Waals surface area contributed by atoms with E-state index in [9.17, 15) is 4.79 Å². The van der Waals surface area contributed by atoms with E-state index < -0.39 is 0 Å².